The zero-order valence-electron chi connectivity index (χ0n) is 10.3. The van der Waals surface area contributed by atoms with Gasteiger partial charge in [-0.1, -0.05) is 6.92 Å². The van der Waals surface area contributed by atoms with Crippen LogP contribution in [-0.4, -0.2) is 31.2 Å². The van der Waals surface area contributed by atoms with Crippen LogP contribution in [-0.2, 0) is 9.84 Å². The monoisotopic (exact) mass is 307 g/mol. The molecule has 1 aromatic carbocycles. The van der Waals surface area contributed by atoms with Gasteiger partial charge in [-0.15, -0.1) is 0 Å². The molecule has 0 radical (unpaired) electrons. The summed E-state index contributed by atoms with van der Waals surface area (Å²) >= 11 is 1.88. The molecule has 0 saturated carbocycles. The van der Waals surface area contributed by atoms with E-state index >= 15 is 0 Å². The van der Waals surface area contributed by atoms with Crippen LogP contribution in [0.4, 0.5) is 14.5 Å². The van der Waals surface area contributed by atoms with Gasteiger partial charge in [-0.2, -0.15) is 20.5 Å². The predicted molar refractivity (Wildman–Crippen MR) is 73.6 cm³/mol. The minimum Gasteiger partial charge on any atom is -0.381 e. The number of benzene rings is 1. The summed E-state index contributed by atoms with van der Waals surface area (Å²) in [4.78, 5) is -0.345. The molecule has 106 valence electrons. The van der Waals surface area contributed by atoms with E-state index in [9.17, 15) is 17.2 Å². The van der Waals surface area contributed by atoms with Crippen molar-refractivity contribution in [3.63, 3.8) is 0 Å². The molecule has 1 aliphatic heterocycles. The zero-order valence-corrected chi connectivity index (χ0v) is 12.0. The number of rotatable bonds is 4. The molecule has 0 aliphatic carbocycles. The van der Waals surface area contributed by atoms with Crippen molar-refractivity contribution in [3.05, 3.63) is 24.3 Å². The molecule has 0 amide bonds. The lowest BCUT2D eigenvalue weighted by Gasteiger charge is -2.18. The van der Waals surface area contributed by atoms with Crippen LogP contribution in [0.25, 0.3) is 0 Å². The van der Waals surface area contributed by atoms with E-state index in [1.807, 2.05) is 11.8 Å². The first-order chi connectivity index (χ1) is 8.91. The molecule has 1 aromatic rings. The molecule has 0 bridgehead atoms. The molecule has 0 aromatic heterocycles. The van der Waals surface area contributed by atoms with Gasteiger partial charge in [0.2, 0.25) is 9.84 Å². The van der Waals surface area contributed by atoms with Gasteiger partial charge in [0.15, 0.2) is 0 Å². The van der Waals surface area contributed by atoms with Gasteiger partial charge in [-0.05, 0) is 36.4 Å². The third-order valence-electron chi connectivity index (χ3n) is 3.15. The number of hydrogen-bond donors (Lipinski definition) is 1. The van der Waals surface area contributed by atoms with Gasteiger partial charge in [0.25, 0.3) is 0 Å². The number of alkyl halides is 2. The van der Waals surface area contributed by atoms with Crippen LogP contribution >= 0.6 is 11.8 Å². The SMILES string of the molecule is CC1SCCC1Nc1ccc(S(=O)(=O)C(F)F)cc1. The molecule has 3 nitrogen and oxygen atoms in total. The maximum absolute atomic E-state index is 12.4. The third kappa shape index (κ3) is 3.20. The Labute approximate surface area is 115 Å². The van der Waals surface area contributed by atoms with Gasteiger partial charge in [-0.3, -0.25) is 0 Å². The zero-order chi connectivity index (χ0) is 14.0. The maximum atomic E-state index is 12.4. The van der Waals surface area contributed by atoms with Crippen LogP contribution in [0, 0.1) is 0 Å². The fourth-order valence-electron chi connectivity index (χ4n) is 1.98. The summed E-state index contributed by atoms with van der Waals surface area (Å²) in [6.45, 7) is 2.13. The second-order valence-corrected chi connectivity index (χ2v) is 7.85. The smallest absolute Gasteiger partial charge is 0.341 e. The van der Waals surface area contributed by atoms with Crippen molar-refractivity contribution in [2.24, 2.45) is 0 Å². The molecule has 2 rings (SSSR count). The van der Waals surface area contributed by atoms with E-state index in [4.69, 9.17) is 0 Å². The number of thioether (sulfide) groups is 1. The van der Waals surface area contributed by atoms with Crippen LogP contribution in [0.2, 0.25) is 0 Å². The van der Waals surface area contributed by atoms with Gasteiger partial charge in [0.1, 0.15) is 0 Å². The van der Waals surface area contributed by atoms with Crippen molar-refractivity contribution in [2.45, 2.75) is 35.3 Å². The van der Waals surface area contributed by atoms with Crippen molar-refractivity contribution in [1.82, 2.24) is 0 Å². The molecule has 1 aliphatic rings. The quantitative estimate of drug-likeness (QED) is 0.929. The fraction of sp³-hybridized carbons (Fsp3) is 0.500. The average molecular weight is 307 g/mol. The Bertz CT molecular complexity index is 531. The van der Waals surface area contributed by atoms with Crippen LogP contribution in [0.1, 0.15) is 13.3 Å². The molecular weight excluding hydrogens is 292 g/mol. The molecule has 2 unspecified atom stereocenters. The predicted octanol–water partition coefficient (Wildman–Crippen LogP) is 2.99. The van der Waals surface area contributed by atoms with Crippen molar-refractivity contribution in [1.29, 1.82) is 0 Å². The highest BCUT2D eigenvalue weighted by Gasteiger charge is 2.27. The number of anilines is 1. The van der Waals surface area contributed by atoms with E-state index in [0.29, 0.717) is 11.3 Å². The summed E-state index contributed by atoms with van der Waals surface area (Å²) in [5.41, 5.74) is 0.757. The first-order valence-electron chi connectivity index (χ1n) is 5.91. The lowest BCUT2D eigenvalue weighted by molar-refractivity contribution is 0.234. The van der Waals surface area contributed by atoms with E-state index < -0.39 is 15.6 Å². The Kier molecular flexibility index (Phi) is 4.35. The lowest BCUT2D eigenvalue weighted by atomic mass is 10.1. The molecule has 1 saturated heterocycles. The van der Waals surface area contributed by atoms with Crippen molar-refractivity contribution in [2.75, 3.05) is 11.1 Å². The Hall–Kier alpha value is -0.820. The van der Waals surface area contributed by atoms with E-state index in [0.717, 1.165) is 17.9 Å². The summed E-state index contributed by atoms with van der Waals surface area (Å²) in [6, 6.07) is 5.84. The van der Waals surface area contributed by atoms with Gasteiger partial charge in [0, 0.05) is 17.0 Å². The summed E-state index contributed by atoms with van der Waals surface area (Å²) in [7, 11) is -4.50. The molecule has 0 spiro atoms. The maximum Gasteiger partial charge on any atom is 0.341 e. The second kappa shape index (κ2) is 5.66. The van der Waals surface area contributed by atoms with Crippen molar-refractivity contribution in [3.8, 4) is 0 Å². The molecule has 7 heteroatoms. The largest absolute Gasteiger partial charge is 0.381 e. The highest BCUT2D eigenvalue weighted by molar-refractivity contribution is 8.00. The summed E-state index contributed by atoms with van der Waals surface area (Å²) in [5.74, 6) is -2.28. The number of nitrogens with one attached hydrogen (secondary N) is 1. The first-order valence-corrected chi connectivity index (χ1v) is 8.51. The normalized spacial score (nSPS) is 23.8. The van der Waals surface area contributed by atoms with E-state index in [-0.39, 0.29) is 4.90 Å². The van der Waals surface area contributed by atoms with Gasteiger partial charge in [-0.25, -0.2) is 8.42 Å². The Balaban J connectivity index is 2.11. The van der Waals surface area contributed by atoms with Gasteiger partial charge in [0.05, 0.1) is 4.90 Å². The van der Waals surface area contributed by atoms with E-state index in [1.165, 1.54) is 24.3 Å². The molecule has 1 heterocycles. The van der Waals surface area contributed by atoms with Gasteiger partial charge < -0.3 is 5.32 Å². The summed E-state index contributed by atoms with van der Waals surface area (Å²) in [5, 5.41) is 3.79. The molecule has 1 fully saturated rings. The van der Waals surface area contributed by atoms with E-state index in [2.05, 4.69) is 12.2 Å². The van der Waals surface area contributed by atoms with Crippen molar-refractivity contribution < 1.29 is 17.2 Å². The topological polar surface area (TPSA) is 46.2 Å². The molecule has 19 heavy (non-hydrogen) atoms. The van der Waals surface area contributed by atoms with Crippen LogP contribution in [0.15, 0.2) is 29.2 Å². The van der Waals surface area contributed by atoms with E-state index in [1.54, 1.807) is 0 Å². The Morgan fingerprint density at radius 3 is 2.42 bits per heavy atom. The Morgan fingerprint density at radius 1 is 1.32 bits per heavy atom. The van der Waals surface area contributed by atoms with Crippen molar-refractivity contribution >= 4 is 27.3 Å². The highest BCUT2D eigenvalue weighted by atomic mass is 32.2. The minimum atomic E-state index is -4.50. The summed E-state index contributed by atoms with van der Waals surface area (Å²) in [6.07, 6.45) is 1.04. The highest BCUT2D eigenvalue weighted by Crippen LogP contribution is 2.29. The minimum absolute atomic E-state index is 0.336. The Morgan fingerprint density at radius 2 is 1.95 bits per heavy atom. The lowest BCUT2D eigenvalue weighted by Crippen LogP contribution is -2.24. The molecule has 1 N–H and O–H groups in total. The fourth-order valence-corrected chi connectivity index (χ4v) is 3.90. The number of halogens is 2. The van der Waals surface area contributed by atoms with Crippen LogP contribution in [0.5, 0.6) is 0 Å². The average Bonchev–Trinajstić information content (AvgIpc) is 2.75. The second-order valence-electron chi connectivity index (χ2n) is 4.45. The van der Waals surface area contributed by atoms with Crippen LogP contribution < -0.4 is 5.32 Å². The summed E-state index contributed by atoms with van der Waals surface area (Å²) < 4.78 is 47.3. The number of sulfone groups is 1. The number of hydrogen-bond acceptors (Lipinski definition) is 4. The van der Waals surface area contributed by atoms with Gasteiger partial charge >= 0.3 is 5.76 Å². The molecule has 2 atom stereocenters. The standard InChI is InChI=1S/C12H15F2NO2S2/c1-8-11(6-7-18-8)15-9-2-4-10(5-3-9)19(16,17)12(13)14/h2-5,8,11-12,15H,6-7H2,1H3. The third-order valence-corrected chi connectivity index (χ3v) is 5.87. The van der Waals surface area contributed by atoms with Crippen LogP contribution in [0.3, 0.4) is 0 Å². The molecular formula is C12H15F2NO2S2. The first kappa shape index (κ1) is 14.6.